The second kappa shape index (κ2) is 9.70. The van der Waals surface area contributed by atoms with Crippen LogP contribution in [0.5, 0.6) is 0 Å². The van der Waals surface area contributed by atoms with Gasteiger partial charge in [-0.25, -0.2) is 4.79 Å². The molecular weight excluding hydrogens is 356 g/mol. The Morgan fingerprint density at radius 1 is 1.14 bits per heavy atom. The van der Waals surface area contributed by atoms with Gasteiger partial charge in [0.25, 0.3) is 5.91 Å². The third kappa shape index (κ3) is 5.32. The summed E-state index contributed by atoms with van der Waals surface area (Å²) in [7, 11) is 1.63. The molecule has 0 saturated heterocycles. The fourth-order valence-electron chi connectivity index (χ4n) is 3.42. The van der Waals surface area contributed by atoms with E-state index in [-0.39, 0.29) is 12.0 Å². The lowest BCUT2D eigenvalue weighted by molar-refractivity contribution is -0.143. The number of ether oxygens (including phenoxy) is 2. The number of benzene rings is 1. The fourth-order valence-corrected chi connectivity index (χ4v) is 3.42. The molecule has 1 aliphatic carbocycles. The Morgan fingerprint density at radius 2 is 1.75 bits per heavy atom. The summed E-state index contributed by atoms with van der Waals surface area (Å²) in [6, 6.07) is 9.27. The minimum absolute atomic E-state index is 0.134. The number of nitrogens with zero attached hydrogens (tertiary/aromatic N) is 2. The van der Waals surface area contributed by atoms with Crippen molar-refractivity contribution < 1.29 is 19.1 Å². The predicted molar refractivity (Wildman–Crippen MR) is 105 cm³/mol. The van der Waals surface area contributed by atoms with Gasteiger partial charge in [0.2, 0.25) is 0 Å². The molecule has 1 fully saturated rings. The Morgan fingerprint density at radius 3 is 2.29 bits per heavy atom. The number of hydrogen-bond acceptors (Lipinski definition) is 5. The van der Waals surface area contributed by atoms with Crippen molar-refractivity contribution in [2.45, 2.75) is 77.2 Å². The van der Waals surface area contributed by atoms with Crippen LogP contribution in [0.2, 0.25) is 0 Å². The van der Waals surface area contributed by atoms with Gasteiger partial charge in [0.15, 0.2) is 6.10 Å². The van der Waals surface area contributed by atoms with Gasteiger partial charge in [-0.05, 0) is 51.3 Å². The molecule has 152 valence electrons. The number of rotatable bonds is 7. The minimum atomic E-state index is -0.950. The number of esters is 1. The molecule has 0 spiro atoms. The standard InChI is InChI=1S/C22H30N2O4/c1-16(2)27-14-18-8-10-19(11-9-18)21(26)28-17(3)20(25)24(4)22(15-23)12-6-5-7-13-22/h8-11,16-17H,5-7,12-14H2,1-4H3/t17-/m0/s1. The van der Waals surface area contributed by atoms with Gasteiger partial charge < -0.3 is 14.4 Å². The largest absolute Gasteiger partial charge is 0.449 e. The molecule has 0 aromatic heterocycles. The van der Waals surface area contributed by atoms with E-state index in [1.165, 1.54) is 4.90 Å². The summed E-state index contributed by atoms with van der Waals surface area (Å²) in [6.45, 7) is 5.95. The van der Waals surface area contributed by atoms with E-state index < -0.39 is 17.6 Å². The lowest BCUT2D eigenvalue weighted by Crippen LogP contribution is -2.53. The van der Waals surface area contributed by atoms with Crippen molar-refractivity contribution in [3.05, 3.63) is 35.4 Å². The number of likely N-dealkylation sites (N-methyl/N-ethyl adjacent to an activating group) is 1. The minimum Gasteiger partial charge on any atom is -0.449 e. The van der Waals surface area contributed by atoms with E-state index in [1.807, 2.05) is 26.0 Å². The molecule has 6 nitrogen and oxygen atoms in total. The quantitative estimate of drug-likeness (QED) is 0.665. The highest BCUT2D eigenvalue weighted by Crippen LogP contribution is 2.33. The van der Waals surface area contributed by atoms with E-state index in [0.717, 1.165) is 24.8 Å². The summed E-state index contributed by atoms with van der Waals surface area (Å²) >= 11 is 0. The van der Waals surface area contributed by atoms with Crippen LogP contribution in [0.1, 0.15) is 68.8 Å². The van der Waals surface area contributed by atoms with Gasteiger partial charge in [-0.2, -0.15) is 5.26 Å². The molecule has 1 saturated carbocycles. The van der Waals surface area contributed by atoms with Crippen LogP contribution in [-0.2, 0) is 20.9 Å². The van der Waals surface area contributed by atoms with Crippen molar-refractivity contribution in [2.24, 2.45) is 0 Å². The molecule has 0 radical (unpaired) electrons. The highest BCUT2D eigenvalue weighted by atomic mass is 16.5. The van der Waals surface area contributed by atoms with Gasteiger partial charge in [0.1, 0.15) is 5.54 Å². The molecule has 1 aromatic carbocycles. The molecule has 1 aromatic rings. The van der Waals surface area contributed by atoms with Crippen molar-refractivity contribution in [3.8, 4) is 6.07 Å². The van der Waals surface area contributed by atoms with E-state index in [9.17, 15) is 14.9 Å². The second-order valence-electron chi connectivity index (χ2n) is 7.71. The van der Waals surface area contributed by atoms with Crippen LogP contribution < -0.4 is 0 Å². The third-order valence-electron chi connectivity index (χ3n) is 5.27. The molecule has 0 unspecified atom stereocenters. The van der Waals surface area contributed by atoms with Crippen LogP contribution in [0.25, 0.3) is 0 Å². The second-order valence-corrected chi connectivity index (χ2v) is 7.71. The average molecular weight is 386 g/mol. The normalized spacial score (nSPS) is 16.9. The number of carbonyl (C=O) groups excluding carboxylic acids is 2. The molecule has 1 aliphatic rings. The van der Waals surface area contributed by atoms with Crippen LogP contribution in [0, 0.1) is 11.3 Å². The molecule has 1 atom stereocenters. The van der Waals surface area contributed by atoms with Crippen molar-refractivity contribution in [3.63, 3.8) is 0 Å². The van der Waals surface area contributed by atoms with E-state index in [1.54, 1.807) is 26.1 Å². The predicted octanol–water partition coefficient (Wildman–Crippen LogP) is 3.84. The smallest absolute Gasteiger partial charge is 0.338 e. The highest BCUT2D eigenvalue weighted by molar-refractivity contribution is 5.92. The van der Waals surface area contributed by atoms with Crippen LogP contribution >= 0.6 is 0 Å². The Labute approximate surface area is 167 Å². The van der Waals surface area contributed by atoms with Crippen LogP contribution in [0.3, 0.4) is 0 Å². The van der Waals surface area contributed by atoms with Crippen molar-refractivity contribution in [1.82, 2.24) is 4.90 Å². The first-order valence-electron chi connectivity index (χ1n) is 9.89. The van der Waals surface area contributed by atoms with Gasteiger partial charge in [-0.15, -0.1) is 0 Å². The van der Waals surface area contributed by atoms with Crippen LogP contribution in [0.15, 0.2) is 24.3 Å². The monoisotopic (exact) mass is 386 g/mol. The van der Waals surface area contributed by atoms with Crippen molar-refractivity contribution >= 4 is 11.9 Å². The molecule has 6 heteroatoms. The van der Waals surface area contributed by atoms with Gasteiger partial charge in [0.05, 0.1) is 24.3 Å². The van der Waals surface area contributed by atoms with Gasteiger partial charge in [-0.1, -0.05) is 31.4 Å². The molecule has 1 amide bonds. The fraction of sp³-hybridized carbons (Fsp3) is 0.591. The number of hydrogen-bond donors (Lipinski definition) is 0. The van der Waals surface area contributed by atoms with E-state index in [0.29, 0.717) is 25.0 Å². The zero-order chi connectivity index (χ0) is 20.7. The Hall–Kier alpha value is -2.39. The third-order valence-corrected chi connectivity index (χ3v) is 5.27. The lowest BCUT2D eigenvalue weighted by atomic mass is 9.81. The van der Waals surface area contributed by atoms with Crippen LogP contribution in [0.4, 0.5) is 0 Å². The number of carbonyl (C=O) groups is 2. The summed E-state index contributed by atoms with van der Waals surface area (Å²) in [6.07, 6.45) is 3.42. The Balaban J connectivity index is 1.97. The summed E-state index contributed by atoms with van der Waals surface area (Å²) in [5.74, 6) is -0.904. The first-order chi connectivity index (χ1) is 13.3. The zero-order valence-electron chi connectivity index (χ0n) is 17.2. The SMILES string of the molecule is CC(C)OCc1ccc(C(=O)O[C@@H](C)C(=O)N(C)C2(C#N)CCCCC2)cc1. The topological polar surface area (TPSA) is 79.6 Å². The summed E-state index contributed by atoms with van der Waals surface area (Å²) in [5, 5.41) is 9.64. The maximum atomic E-state index is 12.8. The maximum Gasteiger partial charge on any atom is 0.338 e. The molecule has 0 bridgehead atoms. The maximum absolute atomic E-state index is 12.8. The summed E-state index contributed by atoms with van der Waals surface area (Å²) < 4.78 is 10.9. The summed E-state index contributed by atoms with van der Waals surface area (Å²) in [5.41, 5.74) is 0.541. The number of amides is 1. The van der Waals surface area contributed by atoms with Crippen molar-refractivity contribution in [2.75, 3.05) is 7.05 Å². The molecule has 28 heavy (non-hydrogen) atoms. The zero-order valence-corrected chi connectivity index (χ0v) is 17.2. The summed E-state index contributed by atoms with van der Waals surface area (Å²) in [4.78, 5) is 26.6. The van der Waals surface area contributed by atoms with E-state index >= 15 is 0 Å². The van der Waals surface area contributed by atoms with E-state index in [4.69, 9.17) is 9.47 Å². The van der Waals surface area contributed by atoms with Crippen LogP contribution in [-0.4, -0.2) is 41.6 Å². The molecule has 0 aliphatic heterocycles. The highest BCUT2D eigenvalue weighted by Gasteiger charge is 2.40. The lowest BCUT2D eigenvalue weighted by Gasteiger charge is -2.39. The van der Waals surface area contributed by atoms with E-state index in [2.05, 4.69) is 6.07 Å². The van der Waals surface area contributed by atoms with Crippen molar-refractivity contribution in [1.29, 1.82) is 5.26 Å². The Bertz CT molecular complexity index is 715. The molecule has 2 rings (SSSR count). The molecule has 0 N–H and O–H groups in total. The molecular formula is C22H30N2O4. The molecule has 0 heterocycles. The Kier molecular flexibility index (Phi) is 7.59. The first-order valence-corrected chi connectivity index (χ1v) is 9.89. The number of nitriles is 1. The van der Waals surface area contributed by atoms with Gasteiger partial charge in [-0.3, -0.25) is 4.79 Å². The van der Waals surface area contributed by atoms with Gasteiger partial charge in [0, 0.05) is 7.05 Å². The average Bonchev–Trinajstić information content (AvgIpc) is 2.71. The first kappa shape index (κ1) is 21.9. The van der Waals surface area contributed by atoms with Gasteiger partial charge >= 0.3 is 5.97 Å².